The number of rotatable bonds is 0. The number of hydrogen-bond donors (Lipinski definition) is 2. The summed E-state index contributed by atoms with van der Waals surface area (Å²) in [6, 6.07) is 0. The van der Waals surface area contributed by atoms with Crippen molar-refractivity contribution in [1.29, 1.82) is 0 Å². The Morgan fingerprint density at radius 1 is 1.18 bits per heavy atom. The molecule has 8 heteroatoms. The summed E-state index contributed by atoms with van der Waals surface area (Å²) in [6.45, 7) is 3.72. The van der Waals surface area contributed by atoms with Gasteiger partial charge in [-0.25, -0.2) is 4.79 Å². The fourth-order valence-electron chi connectivity index (χ4n) is 6.80. The van der Waals surface area contributed by atoms with Gasteiger partial charge in [0.05, 0.1) is 23.2 Å². The molecule has 8 nitrogen and oxygen atoms in total. The molecular weight excluding hydrogens is 368 g/mol. The van der Waals surface area contributed by atoms with E-state index in [1.54, 1.807) is 6.92 Å². The Hall–Kier alpha value is -2.16. The molecule has 4 aliphatic heterocycles. The zero-order valence-electron chi connectivity index (χ0n) is 15.4. The van der Waals surface area contributed by atoms with Crippen molar-refractivity contribution in [1.82, 2.24) is 0 Å². The van der Waals surface area contributed by atoms with E-state index in [0.29, 0.717) is 11.1 Å². The number of esters is 2. The molecule has 0 aromatic rings. The fourth-order valence-corrected chi connectivity index (χ4v) is 6.80. The predicted molar refractivity (Wildman–Crippen MR) is 90.1 cm³/mol. The number of aliphatic hydroxyl groups excluding tert-OH is 2. The molecule has 1 saturated carbocycles. The lowest BCUT2D eigenvalue weighted by Gasteiger charge is -2.69. The summed E-state index contributed by atoms with van der Waals surface area (Å²) in [4.78, 5) is 25.7. The van der Waals surface area contributed by atoms with E-state index in [0.717, 1.165) is 5.57 Å². The van der Waals surface area contributed by atoms with E-state index in [2.05, 4.69) is 0 Å². The van der Waals surface area contributed by atoms with Gasteiger partial charge in [-0.2, -0.15) is 0 Å². The lowest BCUT2D eigenvalue weighted by molar-refractivity contribution is -0.285. The second-order valence-corrected chi connectivity index (χ2v) is 8.47. The molecule has 4 heterocycles. The van der Waals surface area contributed by atoms with Crippen LogP contribution >= 0.6 is 0 Å². The standard InChI is InChI=1S/C20H20O8/c1-7-12-11-3-4-25-17(23)19(11)8(2)20(14(12)21)13-9(15(19)28-7)5-26-16(22)10(13)6-27-18(20)24/h3,6-8,12,14-15,18,21,24H,4-5H2,1-2H3/t7-,8+,12-,14-,15+,18+,19-,20-/m1/s1. The SMILES string of the molecule is C[C@H]1O[C@H]2C3=C4C(=CO[C@H](O)[C@@]45[C@H](O)[C@H]1C1=CCOC(=O)[C@]12[C@@H]5C)C(=O)OC3. The van der Waals surface area contributed by atoms with Gasteiger partial charge in [-0.15, -0.1) is 0 Å². The van der Waals surface area contributed by atoms with Gasteiger partial charge in [-0.1, -0.05) is 6.92 Å². The molecule has 0 unspecified atom stereocenters. The largest absolute Gasteiger partial charge is 0.471 e. The molecule has 148 valence electrons. The second kappa shape index (κ2) is 4.87. The van der Waals surface area contributed by atoms with Gasteiger partial charge in [0.15, 0.2) is 0 Å². The van der Waals surface area contributed by atoms with Gasteiger partial charge in [0, 0.05) is 11.5 Å². The molecule has 0 radical (unpaired) electrons. The highest BCUT2D eigenvalue weighted by atomic mass is 16.6. The zero-order valence-corrected chi connectivity index (χ0v) is 15.4. The van der Waals surface area contributed by atoms with Crippen LogP contribution in [0.15, 0.2) is 34.6 Å². The van der Waals surface area contributed by atoms with Crippen LogP contribution in [0.25, 0.3) is 0 Å². The topological polar surface area (TPSA) is 112 Å². The van der Waals surface area contributed by atoms with E-state index >= 15 is 0 Å². The van der Waals surface area contributed by atoms with Crippen molar-refractivity contribution in [3.8, 4) is 0 Å². The highest BCUT2D eigenvalue weighted by molar-refractivity contribution is 5.97. The smallest absolute Gasteiger partial charge is 0.341 e. The van der Waals surface area contributed by atoms with Gasteiger partial charge >= 0.3 is 11.9 Å². The molecule has 2 N–H and O–H groups in total. The minimum Gasteiger partial charge on any atom is -0.471 e. The minimum absolute atomic E-state index is 0.0657. The van der Waals surface area contributed by atoms with Crippen LogP contribution < -0.4 is 0 Å². The molecule has 6 rings (SSSR count). The molecule has 0 amide bonds. The maximum Gasteiger partial charge on any atom is 0.341 e. The maximum atomic E-state index is 13.3. The summed E-state index contributed by atoms with van der Waals surface area (Å²) in [6.07, 6.45) is -0.574. The average Bonchev–Trinajstić information content (AvgIpc) is 2.66. The second-order valence-electron chi connectivity index (χ2n) is 8.47. The van der Waals surface area contributed by atoms with Crippen LogP contribution in [0.4, 0.5) is 0 Å². The van der Waals surface area contributed by atoms with Crippen molar-refractivity contribution in [3.05, 3.63) is 34.6 Å². The number of aliphatic hydroxyl groups is 2. The third-order valence-electron chi connectivity index (χ3n) is 7.83. The normalized spacial score (nSPS) is 50.6. The average molecular weight is 388 g/mol. The van der Waals surface area contributed by atoms with Crippen molar-refractivity contribution < 1.29 is 38.7 Å². The Labute approximate surface area is 160 Å². The van der Waals surface area contributed by atoms with E-state index in [4.69, 9.17) is 18.9 Å². The van der Waals surface area contributed by atoms with Crippen LogP contribution in [0.3, 0.4) is 0 Å². The third kappa shape index (κ3) is 1.41. The molecular formula is C20H20O8. The van der Waals surface area contributed by atoms with Crippen molar-refractivity contribution in [2.24, 2.45) is 22.7 Å². The minimum atomic E-state index is -1.42. The van der Waals surface area contributed by atoms with E-state index in [1.165, 1.54) is 6.26 Å². The number of carbonyl (C=O) groups is 2. The van der Waals surface area contributed by atoms with Crippen LogP contribution in [-0.4, -0.2) is 60.0 Å². The molecule has 2 aliphatic carbocycles. The summed E-state index contributed by atoms with van der Waals surface area (Å²) in [5.41, 5.74) is -0.473. The van der Waals surface area contributed by atoms with E-state index in [9.17, 15) is 19.8 Å². The number of carbonyl (C=O) groups excluding carboxylic acids is 2. The third-order valence-corrected chi connectivity index (χ3v) is 7.83. The fraction of sp³-hybridized carbons (Fsp3) is 0.600. The molecule has 8 atom stereocenters. The first-order valence-corrected chi connectivity index (χ1v) is 9.53. The zero-order chi connectivity index (χ0) is 19.6. The van der Waals surface area contributed by atoms with Gasteiger partial charge in [0.1, 0.15) is 31.0 Å². The molecule has 2 fully saturated rings. The van der Waals surface area contributed by atoms with Gasteiger partial charge in [-0.3, -0.25) is 4.79 Å². The molecule has 1 saturated heterocycles. The molecule has 6 aliphatic rings. The molecule has 0 aromatic carbocycles. The number of ether oxygens (including phenoxy) is 4. The van der Waals surface area contributed by atoms with Crippen LogP contribution in [0, 0.1) is 22.7 Å². The van der Waals surface area contributed by atoms with E-state index in [-0.39, 0.29) is 18.8 Å². The van der Waals surface area contributed by atoms with Gasteiger partial charge in [0.25, 0.3) is 0 Å². The van der Waals surface area contributed by atoms with Crippen LogP contribution in [-0.2, 0) is 28.5 Å². The summed E-state index contributed by atoms with van der Waals surface area (Å²) < 4.78 is 22.6. The molecule has 3 bridgehead atoms. The molecule has 28 heavy (non-hydrogen) atoms. The van der Waals surface area contributed by atoms with Crippen LogP contribution in [0.5, 0.6) is 0 Å². The van der Waals surface area contributed by atoms with Crippen LogP contribution in [0.2, 0.25) is 0 Å². The Kier molecular flexibility index (Phi) is 2.92. The Morgan fingerprint density at radius 3 is 2.75 bits per heavy atom. The molecule has 2 spiro atoms. The van der Waals surface area contributed by atoms with Crippen LogP contribution in [0.1, 0.15) is 13.8 Å². The highest BCUT2D eigenvalue weighted by Gasteiger charge is 2.79. The Balaban J connectivity index is 1.78. The summed E-state index contributed by atoms with van der Waals surface area (Å²) >= 11 is 0. The first kappa shape index (κ1) is 16.8. The van der Waals surface area contributed by atoms with Crippen molar-refractivity contribution >= 4 is 11.9 Å². The van der Waals surface area contributed by atoms with Gasteiger partial charge in [0.2, 0.25) is 6.29 Å². The number of cyclic esters (lactones) is 2. The molecule has 0 aromatic heterocycles. The van der Waals surface area contributed by atoms with Crippen molar-refractivity contribution in [2.75, 3.05) is 13.2 Å². The maximum absolute atomic E-state index is 13.3. The van der Waals surface area contributed by atoms with Crippen molar-refractivity contribution in [2.45, 2.75) is 38.4 Å². The number of hydrogen-bond acceptors (Lipinski definition) is 8. The Morgan fingerprint density at radius 2 is 1.96 bits per heavy atom. The Bertz CT molecular complexity index is 930. The van der Waals surface area contributed by atoms with Crippen molar-refractivity contribution in [3.63, 3.8) is 0 Å². The van der Waals surface area contributed by atoms with Gasteiger partial charge < -0.3 is 29.2 Å². The predicted octanol–water partition coefficient (Wildman–Crippen LogP) is -0.0440. The number of fused-ring (bicyclic) bond motifs is 1. The quantitative estimate of drug-likeness (QED) is 0.439. The highest BCUT2D eigenvalue weighted by Crippen LogP contribution is 2.72. The van der Waals surface area contributed by atoms with E-state index < -0.39 is 59.2 Å². The van der Waals surface area contributed by atoms with Gasteiger partial charge in [-0.05, 0) is 30.1 Å². The first-order valence-electron chi connectivity index (χ1n) is 9.53. The lowest BCUT2D eigenvalue weighted by atomic mass is 9.38. The monoisotopic (exact) mass is 388 g/mol. The summed E-state index contributed by atoms with van der Waals surface area (Å²) in [7, 11) is 0. The lowest BCUT2D eigenvalue weighted by Crippen LogP contribution is -2.77. The summed E-state index contributed by atoms with van der Waals surface area (Å²) in [5, 5.41) is 22.7. The first-order chi connectivity index (χ1) is 13.4. The summed E-state index contributed by atoms with van der Waals surface area (Å²) in [5.74, 6) is -2.15. The van der Waals surface area contributed by atoms with E-state index in [1.807, 2.05) is 13.0 Å².